The Bertz CT molecular complexity index is 285. The molecule has 116 valence electrons. The number of hydrogen-bond donors (Lipinski definition) is 3. The number of nitrogens with one attached hydrogen (secondary N) is 3. The van der Waals surface area contributed by atoms with Gasteiger partial charge in [0.15, 0.2) is 0 Å². The summed E-state index contributed by atoms with van der Waals surface area (Å²) in [5.74, 6) is 0.590. The van der Waals surface area contributed by atoms with E-state index in [-0.39, 0.29) is 6.03 Å². The van der Waals surface area contributed by atoms with Crippen LogP contribution in [-0.4, -0.2) is 81.8 Å². The van der Waals surface area contributed by atoms with Crippen molar-refractivity contribution in [1.82, 2.24) is 25.8 Å². The Labute approximate surface area is 122 Å². The van der Waals surface area contributed by atoms with Crippen LogP contribution >= 0.6 is 0 Å². The van der Waals surface area contributed by atoms with Crippen LogP contribution in [0.25, 0.3) is 0 Å². The molecular weight excluding hydrogens is 254 g/mol. The number of amides is 2. The zero-order chi connectivity index (χ0) is 14.2. The fourth-order valence-corrected chi connectivity index (χ4v) is 2.80. The quantitative estimate of drug-likeness (QED) is 0.639. The van der Waals surface area contributed by atoms with Crippen molar-refractivity contribution in [2.45, 2.75) is 12.8 Å². The molecule has 3 N–H and O–H groups in total. The first-order chi connectivity index (χ1) is 9.74. The molecule has 2 amide bonds. The lowest BCUT2D eigenvalue weighted by atomic mass is 10.00. The lowest BCUT2D eigenvalue weighted by molar-refractivity contribution is 0.155. The van der Waals surface area contributed by atoms with Crippen LogP contribution in [0.4, 0.5) is 4.79 Å². The Morgan fingerprint density at radius 2 is 2.05 bits per heavy atom. The van der Waals surface area contributed by atoms with Crippen LogP contribution in [0.3, 0.4) is 0 Å². The fourth-order valence-electron chi connectivity index (χ4n) is 2.80. The largest absolute Gasteiger partial charge is 0.338 e. The molecular formula is C14H29N5O. The molecule has 0 aromatic rings. The summed E-state index contributed by atoms with van der Waals surface area (Å²) in [6.07, 6.45) is 2.44. The topological polar surface area (TPSA) is 59.6 Å². The minimum atomic E-state index is -0.0234. The van der Waals surface area contributed by atoms with Gasteiger partial charge >= 0.3 is 6.03 Å². The number of likely N-dealkylation sites (N-methyl/N-ethyl adjacent to an activating group) is 1. The molecule has 2 aliphatic rings. The summed E-state index contributed by atoms with van der Waals surface area (Å²) in [7, 11) is 2.16. The molecule has 2 fully saturated rings. The second kappa shape index (κ2) is 8.44. The van der Waals surface area contributed by atoms with E-state index in [2.05, 4.69) is 32.8 Å². The average Bonchev–Trinajstić information content (AvgIpc) is 2.48. The highest BCUT2D eigenvalue weighted by molar-refractivity contribution is 5.73. The van der Waals surface area contributed by atoms with Crippen molar-refractivity contribution in [1.29, 1.82) is 0 Å². The maximum atomic E-state index is 11.7. The molecule has 2 aliphatic heterocycles. The van der Waals surface area contributed by atoms with Crippen LogP contribution in [0.2, 0.25) is 0 Å². The predicted octanol–water partition coefficient (Wildman–Crippen LogP) is -0.467. The summed E-state index contributed by atoms with van der Waals surface area (Å²) in [5, 5.41) is 9.30. The summed E-state index contributed by atoms with van der Waals surface area (Å²) in [6.45, 7) is 9.08. The maximum absolute atomic E-state index is 11.7. The molecule has 0 bridgehead atoms. The number of rotatable bonds is 5. The van der Waals surface area contributed by atoms with E-state index >= 15 is 0 Å². The van der Waals surface area contributed by atoms with Crippen LogP contribution in [0, 0.1) is 5.92 Å². The molecule has 6 nitrogen and oxygen atoms in total. The molecule has 20 heavy (non-hydrogen) atoms. The van der Waals surface area contributed by atoms with Gasteiger partial charge in [0.2, 0.25) is 0 Å². The highest BCUT2D eigenvalue weighted by atomic mass is 16.2. The molecule has 0 aromatic carbocycles. The molecule has 0 saturated carbocycles. The van der Waals surface area contributed by atoms with Crippen molar-refractivity contribution in [3.8, 4) is 0 Å². The van der Waals surface area contributed by atoms with E-state index in [4.69, 9.17) is 0 Å². The van der Waals surface area contributed by atoms with E-state index in [1.807, 2.05) is 0 Å². The molecule has 2 heterocycles. The second-order valence-corrected chi connectivity index (χ2v) is 5.99. The van der Waals surface area contributed by atoms with Crippen molar-refractivity contribution in [3.63, 3.8) is 0 Å². The molecule has 0 spiro atoms. The Hall–Kier alpha value is -0.850. The summed E-state index contributed by atoms with van der Waals surface area (Å²) < 4.78 is 0. The van der Waals surface area contributed by atoms with Crippen LogP contribution in [0.5, 0.6) is 0 Å². The molecule has 2 rings (SSSR count). The van der Waals surface area contributed by atoms with Gasteiger partial charge in [0.05, 0.1) is 0 Å². The first kappa shape index (κ1) is 15.5. The Morgan fingerprint density at radius 3 is 2.75 bits per heavy atom. The SMILES string of the molecule is CN1CCN(CCNC(=O)NCC2CCCNC2)CC1. The van der Waals surface area contributed by atoms with Gasteiger partial charge in [-0.1, -0.05) is 0 Å². The average molecular weight is 283 g/mol. The number of carbonyl (C=O) groups is 1. The predicted molar refractivity (Wildman–Crippen MR) is 80.9 cm³/mol. The Balaban J connectivity index is 1.49. The van der Waals surface area contributed by atoms with E-state index in [1.165, 1.54) is 12.8 Å². The zero-order valence-corrected chi connectivity index (χ0v) is 12.7. The van der Waals surface area contributed by atoms with Crippen molar-refractivity contribution in [2.75, 3.05) is 66.0 Å². The van der Waals surface area contributed by atoms with E-state index in [9.17, 15) is 4.79 Å². The second-order valence-electron chi connectivity index (χ2n) is 5.99. The lowest BCUT2D eigenvalue weighted by Crippen LogP contribution is -2.48. The zero-order valence-electron chi connectivity index (χ0n) is 12.7. The van der Waals surface area contributed by atoms with Crippen LogP contribution in [0.1, 0.15) is 12.8 Å². The van der Waals surface area contributed by atoms with Gasteiger partial charge in [-0.15, -0.1) is 0 Å². The van der Waals surface area contributed by atoms with Gasteiger partial charge in [-0.25, -0.2) is 4.79 Å². The van der Waals surface area contributed by atoms with E-state index in [0.717, 1.165) is 58.9 Å². The number of piperidine rings is 1. The first-order valence-corrected chi connectivity index (χ1v) is 7.87. The van der Waals surface area contributed by atoms with Gasteiger partial charge in [-0.2, -0.15) is 0 Å². The number of piperazine rings is 1. The summed E-state index contributed by atoms with van der Waals surface area (Å²) in [5.41, 5.74) is 0. The number of carbonyl (C=O) groups excluding carboxylic acids is 1. The van der Waals surface area contributed by atoms with Gasteiger partial charge in [0, 0.05) is 45.8 Å². The van der Waals surface area contributed by atoms with Crippen LogP contribution in [-0.2, 0) is 0 Å². The summed E-state index contributed by atoms with van der Waals surface area (Å²) in [4.78, 5) is 16.5. The first-order valence-electron chi connectivity index (χ1n) is 7.87. The van der Waals surface area contributed by atoms with E-state index in [0.29, 0.717) is 5.92 Å². The van der Waals surface area contributed by atoms with E-state index < -0.39 is 0 Å². The Kier molecular flexibility index (Phi) is 6.56. The third-order valence-electron chi connectivity index (χ3n) is 4.26. The van der Waals surface area contributed by atoms with Crippen molar-refractivity contribution in [3.05, 3.63) is 0 Å². The van der Waals surface area contributed by atoms with Gasteiger partial charge in [0.25, 0.3) is 0 Å². The standard InChI is InChI=1S/C14H29N5O/c1-18-7-9-19(10-8-18)6-5-16-14(20)17-12-13-3-2-4-15-11-13/h13,15H,2-12H2,1H3,(H2,16,17,20). The maximum Gasteiger partial charge on any atom is 0.314 e. The monoisotopic (exact) mass is 283 g/mol. The smallest absolute Gasteiger partial charge is 0.314 e. The highest BCUT2D eigenvalue weighted by Crippen LogP contribution is 2.07. The number of nitrogens with zero attached hydrogens (tertiary/aromatic N) is 2. The molecule has 2 saturated heterocycles. The molecule has 6 heteroatoms. The third-order valence-corrected chi connectivity index (χ3v) is 4.26. The molecule has 1 unspecified atom stereocenters. The summed E-state index contributed by atoms with van der Waals surface area (Å²) in [6, 6.07) is -0.0234. The van der Waals surface area contributed by atoms with Crippen molar-refractivity contribution in [2.24, 2.45) is 5.92 Å². The minimum absolute atomic E-state index is 0.0234. The van der Waals surface area contributed by atoms with Crippen LogP contribution < -0.4 is 16.0 Å². The third kappa shape index (κ3) is 5.64. The lowest BCUT2D eigenvalue weighted by Gasteiger charge is -2.32. The van der Waals surface area contributed by atoms with Crippen LogP contribution in [0.15, 0.2) is 0 Å². The number of urea groups is 1. The van der Waals surface area contributed by atoms with Crippen molar-refractivity contribution < 1.29 is 4.79 Å². The minimum Gasteiger partial charge on any atom is -0.338 e. The van der Waals surface area contributed by atoms with Crippen molar-refractivity contribution >= 4 is 6.03 Å². The Morgan fingerprint density at radius 1 is 1.25 bits per heavy atom. The number of hydrogen-bond acceptors (Lipinski definition) is 4. The van der Waals surface area contributed by atoms with Gasteiger partial charge in [0.1, 0.15) is 0 Å². The molecule has 0 aromatic heterocycles. The normalized spacial score (nSPS) is 25.4. The molecule has 1 atom stereocenters. The van der Waals surface area contributed by atoms with Gasteiger partial charge < -0.3 is 20.9 Å². The van der Waals surface area contributed by atoms with Gasteiger partial charge in [-0.05, 0) is 38.9 Å². The fraction of sp³-hybridized carbons (Fsp3) is 0.929. The molecule has 0 radical (unpaired) electrons. The highest BCUT2D eigenvalue weighted by Gasteiger charge is 2.15. The van der Waals surface area contributed by atoms with Gasteiger partial charge in [-0.3, -0.25) is 4.90 Å². The van der Waals surface area contributed by atoms with E-state index in [1.54, 1.807) is 0 Å². The summed E-state index contributed by atoms with van der Waals surface area (Å²) >= 11 is 0. The molecule has 0 aliphatic carbocycles.